The summed E-state index contributed by atoms with van der Waals surface area (Å²) in [5, 5.41) is 9.61. The summed E-state index contributed by atoms with van der Waals surface area (Å²) in [7, 11) is 4.44. The summed E-state index contributed by atoms with van der Waals surface area (Å²) in [5.74, 6) is -0.427. The first-order valence-electron chi connectivity index (χ1n) is 9.60. The number of carbonyl (C=O) groups is 1. The Morgan fingerprint density at radius 3 is 2.24 bits per heavy atom. The summed E-state index contributed by atoms with van der Waals surface area (Å²) in [6, 6.07) is 15.9. The van der Waals surface area contributed by atoms with Gasteiger partial charge in [0.2, 0.25) is 0 Å². The fourth-order valence-corrected chi connectivity index (χ4v) is 3.29. The van der Waals surface area contributed by atoms with E-state index in [1.807, 2.05) is 0 Å². The van der Waals surface area contributed by atoms with Crippen LogP contribution in [0, 0.1) is 17.1 Å². The van der Waals surface area contributed by atoms with Crippen molar-refractivity contribution in [2.45, 2.75) is 0 Å². The van der Waals surface area contributed by atoms with Gasteiger partial charge in [-0.05, 0) is 59.7 Å². The highest BCUT2D eigenvalue weighted by Crippen LogP contribution is 2.33. The number of rotatable bonds is 7. The van der Waals surface area contributed by atoms with Crippen molar-refractivity contribution in [2.75, 3.05) is 21.3 Å². The molecule has 0 saturated carbocycles. The standard InChI is InChI=1S/C25H19ClFNO5/c1-30-20-10-8-16(13-23(20)32-3)17(14-28)11-15-7-9-21(22(12-15)31-2)33-25(29)24-18(26)5-4-6-19(24)27/h4-13H,1-3H3/b17-11-. The van der Waals surface area contributed by atoms with Crippen molar-refractivity contribution in [1.29, 1.82) is 5.26 Å². The van der Waals surface area contributed by atoms with Crippen molar-refractivity contribution >= 4 is 29.2 Å². The smallest absolute Gasteiger partial charge is 0.348 e. The summed E-state index contributed by atoms with van der Waals surface area (Å²) in [5.41, 5.74) is 1.23. The molecule has 0 fully saturated rings. The van der Waals surface area contributed by atoms with E-state index in [9.17, 15) is 14.4 Å². The quantitative estimate of drug-likeness (QED) is 0.189. The Morgan fingerprint density at radius 1 is 0.939 bits per heavy atom. The number of allylic oxidation sites excluding steroid dienone is 1. The van der Waals surface area contributed by atoms with Crippen LogP contribution in [0.25, 0.3) is 11.6 Å². The molecule has 6 nitrogen and oxygen atoms in total. The van der Waals surface area contributed by atoms with Gasteiger partial charge in [-0.1, -0.05) is 23.7 Å². The van der Waals surface area contributed by atoms with Crippen molar-refractivity contribution in [1.82, 2.24) is 0 Å². The highest BCUT2D eigenvalue weighted by atomic mass is 35.5. The van der Waals surface area contributed by atoms with E-state index in [1.165, 1.54) is 39.5 Å². The first-order valence-corrected chi connectivity index (χ1v) is 9.98. The lowest BCUT2D eigenvalue weighted by molar-refractivity contribution is 0.0725. The highest BCUT2D eigenvalue weighted by Gasteiger charge is 2.20. The molecule has 3 aromatic carbocycles. The first kappa shape index (κ1) is 23.6. The minimum atomic E-state index is -0.956. The molecule has 0 atom stereocenters. The van der Waals surface area contributed by atoms with Crippen LogP contribution < -0.4 is 18.9 Å². The molecule has 0 heterocycles. The molecular formula is C25H19ClFNO5. The highest BCUT2D eigenvalue weighted by molar-refractivity contribution is 6.33. The molecule has 0 N–H and O–H groups in total. The normalized spacial score (nSPS) is 10.8. The van der Waals surface area contributed by atoms with Crippen LogP contribution in [-0.2, 0) is 0 Å². The van der Waals surface area contributed by atoms with Crippen LogP contribution in [0.3, 0.4) is 0 Å². The number of ether oxygens (including phenoxy) is 4. The Hall–Kier alpha value is -4.02. The molecule has 0 saturated heterocycles. The lowest BCUT2D eigenvalue weighted by Gasteiger charge is -2.12. The lowest BCUT2D eigenvalue weighted by atomic mass is 10.0. The number of esters is 1. The Bertz CT molecular complexity index is 1250. The topological polar surface area (TPSA) is 77.8 Å². The van der Waals surface area contributed by atoms with Gasteiger partial charge in [0, 0.05) is 0 Å². The number of benzene rings is 3. The molecule has 168 valence electrons. The maximum atomic E-state index is 14.0. The zero-order valence-electron chi connectivity index (χ0n) is 18.0. The average Bonchev–Trinajstić information content (AvgIpc) is 2.82. The second kappa shape index (κ2) is 10.5. The zero-order chi connectivity index (χ0) is 24.0. The van der Waals surface area contributed by atoms with Gasteiger partial charge in [0.25, 0.3) is 0 Å². The summed E-state index contributed by atoms with van der Waals surface area (Å²) >= 11 is 5.93. The third kappa shape index (κ3) is 5.25. The van der Waals surface area contributed by atoms with E-state index in [-0.39, 0.29) is 22.1 Å². The van der Waals surface area contributed by atoms with Crippen LogP contribution in [-0.4, -0.2) is 27.3 Å². The van der Waals surface area contributed by atoms with Crippen LogP contribution in [0.5, 0.6) is 23.0 Å². The molecule has 0 spiro atoms. The molecule has 0 aromatic heterocycles. The van der Waals surface area contributed by atoms with E-state index in [0.29, 0.717) is 28.2 Å². The van der Waals surface area contributed by atoms with Gasteiger partial charge < -0.3 is 18.9 Å². The second-order valence-electron chi connectivity index (χ2n) is 6.64. The van der Waals surface area contributed by atoms with Crippen LogP contribution >= 0.6 is 11.6 Å². The van der Waals surface area contributed by atoms with Gasteiger partial charge in [0.15, 0.2) is 23.0 Å². The van der Waals surface area contributed by atoms with Crippen molar-refractivity contribution in [3.63, 3.8) is 0 Å². The minimum absolute atomic E-state index is 0.0629. The number of halogens is 2. The van der Waals surface area contributed by atoms with E-state index in [4.69, 9.17) is 30.5 Å². The molecular weight excluding hydrogens is 449 g/mol. The number of hydrogen-bond acceptors (Lipinski definition) is 6. The van der Waals surface area contributed by atoms with Gasteiger partial charge in [-0.15, -0.1) is 0 Å². The van der Waals surface area contributed by atoms with E-state index >= 15 is 0 Å². The van der Waals surface area contributed by atoms with Gasteiger partial charge in [-0.3, -0.25) is 0 Å². The number of carbonyl (C=O) groups excluding carboxylic acids is 1. The molecule has 0 radical (unpaired) electrons. The van der Waals surface area contributed by atoms with Crippen molar-refractivity contribution in [2.24, 2.45) is 0 Å². The molecule has 8 heteroatoms. The van der Waals surface area contributed by atoms with Crippen LogP contribution in [0.2, 0.25) is 5.02 Å². The summed E-state index contributed by atoms with van der Waals surface area (Å²) < 4.78 is 35.2. The zero-order valence-corrected chi connectivity index (χ0v) is 18.8. The predicted molar refractivity (Wildman–Crippen MR) is 122 cm³/mol. The van der Waals surface area contributed by atoms with E-state index in [2.05, 4.69) is 6.07 Å². The third-order valence-electron chi connectivity index (χ3n) is 4.68. The molecule has 0 bridgehead atoms. The summed E-state index contributed by atoms with van der Waals surface area (Å²) in [6.07, 6.45) is 1.64. The Kier molecular flexibility index (Phi) is 7.54. The van der Waals surface area contributed by atoms with Gasteiger partial charge >= 0.3 is 5.97 Å². The molecule has 0 aliphatic heterocycles. The molecule has 3 rings (SSSR count). The van der Waals surface area contributed by atoms with Crippen molar-refractivity contribution < 1.29 is 28.1 Å². The van der Waals surface area contributed by atoms with Crippen LogP contribution in [0.4, 0.5) is 4.39 Å². The van der Waals surface area contributed by atoms with Crippen molar-refractivity contribution in [3.8, 4) is 29.1 Å². The number of nitriles is 1. The number of hydrogen-bond donors (Lipinski definition) is 0. The molecule has 0 amide bonds. The predicted octanol–water partition coefficient (Wildman–Crippen LogP) is 5.79. The molecule has 0 unspecified atom stereocenters. The average molecular weight is 468 g/mol. The first-order chi connectivity index (χ1) is 15.9. The number of nitrogens with zero attached hydrogens (tertiary/aromatic N) is 1. The minimum Gasteiger partial charge on any atom is -0.493 e. The monoisotopic (exact) mass is 467 g/mol. The number of methoxy groups -OCH3 is 3. The fraction of sp³-hybridized carbons (Fsp3) is 0.120. The molecule has 0 aliphatic carbocycles. The van der Waals surface area contributed by atoms with Crippen LogP contribution in [0.1, 0.15) is 21.5 Å². The van der Waals surface area contributed by atoms with Gasteiger partial charge in [-0.2, -0.15) is 5.26 Å². The van der Waals surface area contributed by atoms with E-state index in [1.54, 1.807) is 36.4 Å². The van der Waals surface area contributed by atoms with Crippen LogP contribution in [0.15, 0.2) is 54.6 Å². The summed E-state index contributed by atoms with van der Waals surface area (Å²) in [4.78, 5) is 12.5. The molecule has 3 aromatic rings. The second-order valence-corrected chi connectivity index (χ2v) is 7.04. The fourth-order valence-electron chi connectivity index (χ4n) is 3.05. The molecule has 33 heavy (non-hydrogen) atoms. The third-order valence-corrected chi connectivity index (χ3v) is 5.00. The van der Waals surface area contributed by atoms with Gasteiger partial charge in [-0.25, -0.2) is 9.18 Å². The SMILES string of the molecule is COc1ccc(/C(C#N)=C\c2ccc(OC(=O)c3c(F)cccc3Cl)c(OC)c2)cc1OC. The lowest BCUT2D eigenvalue weighted by Crippen LogP contribution is -2.12. The largest absolute Gasteiger partial charge is 0.493 e. The van der Waals surface area contributed by atoms with Crippen molar-refractivity contribution in [3.05, 3.63) is 82.1 Å². The van der Waals surface area contributed by atoms with Gasteiger partial charge in [0.05, 0.1) is 38.0 Å². The Labute approximate surface area is 195 Å². The van der Waals surface area contributed by atoms with E-state index in [0.717, 1.165) is 6.07 Å². The Morgan fingerprint density at radius 2 is 1.61 bits per heavy atom. The maximum Gasteiger partial charge on any atom is 0.348 e. The summed E-state index contributed by atoms with van der Waals surface area (Å²) in [6.45, 7) is 0. The van der Waals surface area contributed by atoms with Gasteiger partial charge in [0.1, 0.15) is 11.4 Å². The Balaban J connectivity index is 1.92. The maximum absolute atomic E-state index is 14.0. The molecule has 0 aliphatic rings. The van der Waals surface area contributed by atoms with E-state index < -0.39 is 11.8 Å².